The highest BCUT2D eigenvalue weighted by Crippen LogP contribution is 2.26. The second kappa shape index (κ2) is 8.06. The minimum Gasteiger partial charge on any atom is -0.457 e. The molecule has 0 saturated carbocycles. The van der Waals surface area contributed by atoms with E-state index in [4.69, 9.17) is 15.7 Å². The number of nitrogen functional groups attached to an aromatic ring is 1. The average Bonchev–Trinajstić information content (AvgIpc) is 2.75. The Kier molecular flexibility index (Phi) is 4.99. The zero-order valence-electron chi connectivity index (χ0n) is 15.3. The van der Waals surface area contributed by atoms with E-state index in [1.54, 1.807) is 12.1 Å². The van der Waals surface area contributed by atoms with Crippen LogP contribution in [0.1, 0.15) is 5.69 Å². The Labute approximate surface area is 167 Å². The second-order valence-corrected chi connectivity index (χ2v) is 6.10. The fraction of sp³-hybridized carbons (Fsp3) is 0. The molecule has 4 rings (SSSR count). The number of aromatic nitrogens is 3. The van der Waals surface area contributed by atoms with Gasteiger partial charge in [0.15, 0.2) is 0 Å². The summed E-state index contributed by atoms with van der Waals surface area (Å²) >= 11 is 0. The molecule has 0 fully saturated rings. The second-order valence-electron chi connectivity index (χ2n) is 6.10. The summed E-state index contributed by atoms with van der Waals surface area (Å²) in [5.74, 6) is 1.98. The molecular formula is C22H16N6O. The predicted molar refractivity (Wildman–Crippen MR) is 111 cm³/mol. The van der Waals surface area contributed by atoms with Gasteiger partial charge < -0.3 is 15.8 Å². The van der Waals surface area contributed by atoms with Gasteiger partial charge >= 0.3 is 0 Å². The lowest BCUT2D eigenvalue weighted by atomic mass is 10.1. The highest BCUT2D eigenvalue weighted by molar-refractivity contribution is 5.67. The van der Waals surface area contributed by atoms with Crippen molar-refractivity contribution >= 4 is 17.5 Å². The first-order valence-electron chi connectivity index (χ1n) is 8.81. The fourth-order valence-corrected chi connectivity index (χ4v) is 2.71. The number of nitriles is 1. The molecule has 0 aliphatic heterocycles. The summed E-state index contributed by atoms with van der Waals surface area (Å²) in [5.41, 5.74) is 8.70. The number of ether oxygens (including phenoxy) is 1. The number of anilines is 3. The van der Waals surface area contributed by atoms with Crippen molar-refractivity contribution in [2.45, 2.75) is 0 Å². The van der Waals surface area contributed by atoms with E-state index >= 15 is 0 Å². The van der Waals surface area contributed by atoms with Gasteiger partial charge in [0, 0.05) is 29.6 Å². The number of hydrogen-bond acceptors (Lipinski definition) is 7. The molecule has 0 unspecified atom stereocenters. The van der Waals surface area contributed by atoms with Crippen LogP contribution < -0.4 is 15.8 Å². The van der Waals surface area contributed by atoms with Crippen LogP contribution in [-0.4, -0.2) is 15.0 Å². The van der Waals surface area contributed by atoms with Crippen LogP contribution in [0.2, 0.25) is 0 Å². The minimum absolute atomic E-state index is 0.194. The molecule has 2 heterocycles. The minimum atomic E-state index is 0.194. The molecule has 0 atom stereocenters. The summed E-state index contributed by atoms with van der Waals surface area (Å²) in [6.07, 6.45) is 1.54. The third-order valence-corrected chi connectivity index (χ3v) is 4.02. The van der Waals surface area contributed by atoms with Gasteiger partial charge in [0.2, 0.25) is 5.95 Å². The van der Waals surface area contributed by atoms with Crippen LogP contribution in [0.3, 0.4) is 0 Å². The molecule has 0 spiro atoms. The van der Waals surface area contributed by atoms with Gasteiger partial charge in [-0.15, -0.1) is 0 Å². The molecule has 0 radical (unpaired) electrons. The third kappa shape index (κ3) is 4.46. The van der Waals surface area contributed by atoms with Crippen LogP contribution in [-0.2, 0) is 0 Å². The molecule has 2 aromatic heterocycles. The summed E-state index contributed by atoms with van der Waals surface area (Å²) in [4.78, 5) is 12.5. The maximum Gasteiger partial charge on any atom is 0.222 e. The van der Waals surface area contributed by atoms with Crippen molar-refractivity contribution < 1.29 is 4.74 Å². The van der Waals surface area contributed by atoms with E-state index in [9.17, 15) is 0 Å². The van der Waals surface area contributed by atoms with Gasteiger partial charge in [-0.05, 0) is 30.3 Å². The van der Waals surface area contributed by atoms with Crippen molar-refractivity contribution in [1.29, 1.82) is 5.26 Å². The lowest BCUT2D eigenvalue weighted by Crippen LogP contribution is -2.01. The molecule has 7 nitrogen and oxygen atoms in total. The Morgan fingerprint density at radius 2 is 1.69 bits per heavy atom. The first-order valence-corrected chi connectivity index (χ1v) is 8.81. The topological polar surface area (TPSA) is 110 Å². The fourth-order valence-electron chi connectivity index (χ4n) is 2.71. The van der Waals surface area contributed by atoms with E-state index in [-0.39, 0.29) is 5.95 Å². The molecule has 3 N–H and O–H groups in total. The summed E-state index contributed by atoms with van der Waals surface area (Å²) in [5, 5.41) is 12.1. The Balaban J connectivity index is 1.50. The summed E-state index contributed by atoms with van der Waals surface area (Å²) in [7, 11) is 0. The number of nitrogens with one attached hydrogen (secondary N) is 1. The van der Waals surface area contributed by atoms with E-state index in [0.29, 0.717) is 23.0 Å². The van der Waals surface area contributed by atoms with Crippen LogP contribution in [0.25, 0.3) is 11.3 Å². The van der Waals surface area contributed by atoms with Crippen molar-refractivity contribution in [2.24, 2.45) is 0 Å². The molecule has 0 amide bonds. The first-order chi connectivity index (χ1) is 14.2. The highest BCUT2D eigenvalue weighted by Gasteiger charge is 2.06. The van der Waals surface area contributed by atoms with Gasteiger partial charge in [-0.2, -0.15) is 10.2 Å². The molecule has 0 aliphatic rings. The number of nitrogens with zero attached hydrogens (tertiary/aromatic N) is 4. The van der Waals surface area contributed by atoms with E-state index < -0.39 is 0 Å². The lowest BCUT2D eigenvalue weighted by Gasteiger charge is -2.10. The number of hydrogen-bond donors (Lipinski definition) is 2. The highest BCUT2D eigenvalue weighted by atomic mass is 16.5. The van der Waals surface area contributed by atoms with Crippen LogP contribution in [0.15, 0.2) is 79.0 Å². The van der Waals surface area contributed by atoms with Crippen LogP contribution in [0.5, 0.6) is 11.5 Å². The average molecular weight is 380 g/mol. The molecule has 29 heavy (non-hydrogen) atoms. The van der Waals surface area contributed by atoms with E-state index in [2.05, 4.69) is 20.3 Å². The van der Waals surface area contributed by atoms with Crippen molar-refractivity contribution in [3.05, 3.63) is 84.7 Å². The Morgan fingerprint density at radius 1 is 0.897 bits per heavy atom. The molecule has 2 aromatic carbocycles. The number of pyridine rings is 1. The van der Waals surface area contributed by atoms with E-state index in [1.807, 2.05) is 66.7 Å². The largest absolute Gasteiger partial charge is 0.457 e. The summed E-state index contributed by atoms with van der Waals surface area (Å²) < 4.78 is 5.76. The smallest absolute Gasteiger partial charge is 0.222 e. The zero-order chi connectivity index (χ0) is 20.1. The number of nitrogens with two attached hydrogens (primary N) is 1. The van der Waals surface area contributed by atoms with Gasteiger partial charge in [-0.3, -0.25) is 0 Å². The number of rotatable bonds is 5. The maximum atomic E-state index is 8.92. The molecule has 0 saturated heterocycles. The Bertz CT molecular complexity index is 1170. The SMILES string of the molecule is N#Cc1cc(Oc2ccc(Nc3cc(-c4ccccc4)nc(N)n3)cc2)ccn1. The van der Waals surface area contributed by atoms with E-state index in [1.165, 1.54) is 6.20 Å². The van der Waals surface area contributed by atoms with Gasteiger partial charge in [-0.1, -0.05) is 30.3 Å². The summed E-state index contributed by atoms with van der Waals surface area (Å²) in [6.45, 7) is 0. The van der Waals surface area contributed by atoms with Crippen molar-refractivity contribution in [3.8, 4) is 28.8 Å². The molecule has 0 aliphatic carbocycles. The van der Waals surface area contributed by atoms with Gasteiger partial charge in [0.25, 0.3) is 0 Å². The van der Waals surface area contributed by atoms with Crippen LogP contribution in [0, 0.1) is 11.3 Å². The molecule has 4 aromatic rings. The summed E-state index contributed by atoms with van der Waals surface area (Å²) in [6, 6.07) is 24.2. The molecule has 7 heteroatoms. The van der Waals surface area contributed by atoms with Crippen molar-refractivity contribution in [2.75, 3.05) is 11.1 Å². The van der Waals surface area contributed by atoms with Gasteiger partial charge in [0.1, 0.15) is 29.1 Å². The van der Waals surface area contributed by atoms with Crippen molar-refractivity contribution in [1.82, 2.24) is 15.0 Å². The monoisotopic (exact) mass is 380 g/mol. The first kappa shape index (κ1) is 17.9. The Hall–Kier alpha value is -4.44. The van der Waals surface area contributed by atoms with E-state index in [0.717, 1.165) is 16.9 Å². The molecule has 0 bridgehead atoms. The standard InChI is InChI=1S/C22H16N6O/c23-14-17-12-19(10-11-25-17)29-18-8-6-16(7-9-18)26-21-13-20(27-22(24)28-21)15-4-2-1-3-5-15/h1-13H,(H3,24,26,27,28). The molecular weight excluding hydrogens is 364 g/mol. The van der Waals surface area contributed by atoms with Crippen molar-refractivity contribution in [3.63, 3.8) is 0 Å². The maximum absolute atomic E-state index is 8.92. The zero-order valence-corrected chi connectivity index (χ0v) is 15.3. The predicted octanol–water partition coefficient (Wildman–Crippen LogP) is 4.53. The van der Waals surface area contributed by atoms with Crippen LogP contribution in [0.4, 0.5) is 17.5 Å². The lowest BCUT2D eigenvalue weighted by molar-refractivity contribution is 0.482. The van der Waals surface area contributed by atoms with Gasteiger partial charge in [0.05, 0.1) is 5.69 Å². The van der Waals surface area contributed by atoms with Crippen LogP contribution >= 0.6 is 0 Å². The third-order valence-electron chi connectivity index (χ3n) is 4.02. The quantitative estimate of drug-likeness (QED) is 0.523. The normalized spacial score (nSPS) is 10.2. The Morgan fingerprint density at radius 3 is 2.45 bits per heavy atom. The van der Waals surface area contributed by atoms with Gasteiger partial charge in [-0.25, -0.2) is 9.97 Å². The number of benzene rings is 2. The molecule has 140 valence electrons.